The number of ether oxygens (including phenoxy) is 1. The topological polar surface area (TPSA) is 141 Å². The van der Waals surface area contributed by atoms with Crippen molar-refractivity contribution in [1.29, 1.82) is 0 Å². The van der Waals surface area contributed by atoms with Crippen molar-refractivity contribution in [2.24, 2.45) is 0 Å². The zero-order valence-corrected chi connectivity index (χ0v) is 30.4. The zero-order chi connectivity index (χ0) is 38.6. The standard InChI is InChI=1S/C36H38ClF3N10O4/c1-46(2)15-14-29(54-33(52)36(38,39)40)32(51)42-25-10-7-11-27(18-25)50-31-24(21-48(35(50)53)20-23-8-5-4-6-9-23)19-41-34(44-31)43-28-22-49(45-30(28)37)26-12-16-47(3)17-13-26/h4-11,14,18-19,22,26H,12-13,15-17,20-21H2,1-3H3,(H,42,51)(H,41,43,44)/b29-14+. The van der Waals surface area contributed by atoms with E-state index in [4.69, 9.17) is 16.6 Å². The van der Waals surface area contributed by atoms with Gasteiger partial charge in [-0.15, -0.1) is 0 Å². The summed E-state index contributed by atoms with van der Waals surface area (Å²) in [5.41, 5.74) is 2.37. The maximum atomic E-state index is 14.3. The van der Waals surface area contributed by atoms with E-state index in [1.807, 2.05) is 41.2 Å². The first-order chi connectivity index (χ1) is 25.7. The van der Waals surface area contributed by atoms with E-state index in [2.05, 4.69) is 37.4 Å². The molecule has 0 spiro atoms. The number of esters is 1. The van der Waals surface area contributed by atoms with Crippen molar-refractivity contribution in [3.63, 3.8) is 0 Å². The van der Waals surface area contributed by atoms with Gasteiger partial charge in [0.15, 0.2) is 16.7 Å². The normalized spacial score (nSPS) is 15.7. The molecule has 4 heterocycles. The van der Waals surface area contributed by atoms with E-state index < -0.39 is 29.8 Å². The summed E-state index contributed by atoms with van der Waals surface area (Å²) in [6, 6.07) is 15.3. The van der Waals surface area contributed by atoms with Crippen LogP contribution in [0.2, 0.25) is 5.15 Å². The van der Waals surface area contributed by atoms with E-state index in [1.165, 1.54) is 17.0 Å². The largest absolute Gasteiger partial charge is 0.491 e. The number of likely N-dealkylation sites (N-methyl/N-ethyl adjacent to an activating group) is 1. The first-order valence-corrected chi connectivity index (χ1v) is 17.4. The number of carbonyl (C=O) groups excluding carboxylic acids is 3. The first kappa shape index (κ1) is 38.2. The van der Waals surface area contributed by atoms with Crippen LogP contribution in [0.3, 0.4) is 0 Å². The van der Waals surface area contributed by atoms with Gasteiger partial charge in [0.05, 0.1) is 30.2 Å². The number of hydrogen-bond donors (Lipinski definition) is 2. The fourth-order valence-corrected chi connectivity index (χ4v) is 6.15. The number of nitrogens with one attached hydrogen (secondary N) is 2. The number of halogens is 4. The van der Waals surface area contributed by atoms with Crippen molar-refractivity contribution in [2.75, 3.05) is 56.3 Å². The Hall–Kier alpha value is -5.52. The fourth-order valence-electron chi connectivity index (χ4n) is 5.97. The van der Waals surface area contributed by atoms with Gasteiger partial charge in [0.2, 0.25) is 5.95 Å². The highest BCUT2D eigenvalue weighted by Crippen LogP contribution is 2.37. The molecular weight excluding hydrogens is 729 g/mol. The predicted molar refractivity (Wildman–Crippen MR) is 195 cm³/mol. The van der Waals surface area contributed by atoms with Crippen LogP contribution in [0.4, 0.5) is 46.8 Å². The number of rotatable bonds is 11. The molecule has 4 aromatic rings. The van der Waals surface area contributed by atoms with Gasteiger partial charge in [-0.05, 0) is 76.9 Å². The second-order valence-corrected chi connectivity index (χ2v) is 13.6. The summed E-state index contributed by atoms with van der Waals surface area (Å²) < 4.78 is 45.4. The minimum atomic E-state index is -5.32. The van der Waals surface area contributed by atoms with Crippen molar-refractivity contribution >= 4 is 58.3 Å². The minimum Gasteiger partial charge on any atom is -0.414 e. The van der Waals surface area contributed by atoms with Gasteiger partial charge in [-0.25, -0.2) is 19.5 Å². The van der Waals surface area contributed by atoms with Crippen LogP contribution in [-0.2, 0) is 27.4 Å². The number of amides is 3. The Morgan fingerprint density at radius 3 is 2.54 bits per heavy atom. The summed E-state index contributed by atoms with van der Waals surface area (Å²) in [5.74, 6) is -4.07. The average Bonchev–Trinajstić information content (AvgIpc) is 3.50. The number of urea groups is 1. The molecule has 2 aromatic carbocycles. The van der Waals surface area contributed by atoms with Crippen molar-refractivity contribution < 1.29 is 32.3 Å². The Morgan fingerprint density at radius 2 is 1.83 bits per heavy atom. The van der Waals surface area contributed by atoms with Crippen molar-refractivity contribution in [2.45, 2.75) is 38.1 Å². The monoisotopic (exact) mass is 766 g/mol. The number of anilines is 5. The molecule has 0 bridgehead atoms. The van der Waals surface area contributed by atoms with Crippen LogP contribution in [0.15, 0.2) is 78.8 Å². The Bertz CT molecular complexity index is 2030. The minimum absolute atomic E-state index is 0.00446. The quantitative estimate of drug-likeness (QED) is 0.105. The molecule has 0 atom stereocenters. The number of carbonyl (C=O) groups is 3. The number of benzene rings is 2. The molecule has 2 aromatic heterocycles. The Balaban J connectivity index is 1.30. The summed E-state index contributed by atoms with van der Waals surface area (Å²) in [6.45, 7) is 2.34. The maximum absolute atomic E-state index is 14.3. The van der Waals surface area contributed by atoms with Gasteiger partial charge < -0.3 is 30.1 Å². The van der Waals surface area contributed by atoms with Gasteiger partial charge in [0.25, 0.3) is 5.91 Å². The summed E-state index contributed by atoms with van der Waals surface area (Å²) >= 11 is 6.54. The molecule has 0 aliphatic carbocycles. The van der Waals surface area contributed by atoms with E-state index >= 15 is 0 Å². The summed E-state index contributed by atoms with van der Waals surface area (Å²) in [7, 11) is 5.33. The third kappa shape index (κ3) is 9.15. The van der Waals surface area contributed by atoms with Gasteiger partial charge in [-0.1, -0.05) is 48.0 Å². The van der Waals surface area contributed by atoms with Crippen LogP contribution in [0.1, 0.15) is 30.0 Å². The van der Waals surface area contributed by atoms with E-state index in [0.717, 1.165) is 37.6 Å². The van der Waals surface area contributed by atoms with Crippen molar-refractivity contribution in [3.8, 4) is 0 Å². The average molecular weight is 767 g/mol. The third-order valence-electron chi connectivity index (χ3n) is 8.75. The SMILES string of the molecule is CN(C)C/C=C(/OC(=O)C(F)(F)F)C(=O)Nc1cccc(N2C(=O)N(Cc3ccccc3)Cc3cnc(Nc4cn(C5CCN(C)CC5)nc4Cl)nc32)c1. The lowest BCUT2D eigenvalue weighted by Gasteiger charge is -2.36. The second-order valence-electron chi connectivity index (χ2n) is 13.2. The molecule has 6 rings (SSSR count). The van der Waals surface area contributed by atoms with Gasteiger partial charge in [-0.2, -0.15) is 23.3 Å². The highest BCUT2D eigenvalue weighted by atomic mass is 35.5. The maximum Gasteiger partial charge on any atom is 0.491 e. The van der Waals surface area contributed by atoms with Crippen molar-refractivity contribution in [3.05, 3.63) is 95.1 Å². The van der Waals surface area contributed by atoms with E-state index in [9.17, 15) is 27.6 Å². The van der Waals surface area contributed by atoms with Crippen LogP contribution in [0.5, 0.6) is 0 Å². The fraction of sp³-hybridized carbons (Fsp3) is 0.333. The smallest absolute Gasteiger partial charge is 0.414 e. The van der Waals surface area contributed by atoms with Gasteiger partial charge >= 0.3 is 18.2 Å². The number of hydrogen-bond acceptors (Lipinski definition) is 10. The molecule has 2 aliphatic heterocycles. The second kappa shape index (κ2) is 16.2. The molecule has 2 N–H and O–H groups in total. The lowest BCUT2D eigenvalue weighted by Crippen LogP contribution is -2.45. The highest BCUT2D eigenvalue weighted by Gasteiger charge is 2.42. The molecule has 0 saturated carbocycles. The number of alkyl halides is 3. The van der Waals surface area contributed by atoms with E-state index in [0.29, 0.717) is 11.3 Å². The van der Waals surface area contributed by atoms with Gasteiger partial charge in [-0.3, -0.25) is 9.48 Å². The lowest BCUT2D eigenvalue weighted by molar-refractivity contribution is -0.195. The Kier molecular flexibility index (Phi) is 11.5. The molecule has 18 heteroatoms. The predicted octanol–water partition coefficient (Wildman–Crippen LogP) is 6.10. The molecule has 14 nitrogen and oxygen atoms in total. The van der Waals surface area contributed by atoms with Crippen LogP contribution >= 0.6 is 11.6 Å². The number of aromatic nitrogens is 4. The molecule has 0 unspecified atom stereocenters. The van der Waals surface area contributed by atoms with Gasteiger partial charge in [0, 0.05) is 30.5 Å². The molecule has 2 aliphatic rings. The molecule has 0 radical (unpaired) electrons. The molecule has 3 amide bonds. The summed E-state index contributed by atoms with van der Waals surface area (Å²) in [6.07, 6.45) is 1.01. The van der Waals surface area contributed by atoms with Crippen LogP contribution < -0.4 is 15.5 Å². The first-order valence-electron chi connectivity index (χ1n) is 17.0. The molecule has 1 fully saturated rings. The zero-order valence-electron chi connectivity index (χ0n) is 29.7. The molecular formula is C36H38ClF3N10O4. The van der Waals surface area contributed by atoms with Crippen molar-refractivity contribution in [1.82, 2.24) is 34.4 Å². The summed E-state index contributed by atoms with van der Waals surface area (Å²) in [4.78, 5) is 55.2. The Morgan fingerprint density at radius 1 is 1.09 bits per heavy atom. The molecule has 1 saturated heterocycles. The number of piperidine rings is 1. The van der Waals surface area contributed by atoms with E-state index in [-0.39, 0.29) is 54.0 Å². The molecule has 284 valence electrons. The summed E-state index contributed by atoms with van der Waals surface area (Å²) in [5, 5.41) is 10.4. The Labute approximate surface area is 314 Å². The van der Waals surface area contributed by atoms with Crippen LogP contribution in [0.25, 0.3) is 0 Å². The highest BCUT2D eigenvalue weighted by molar-refractivity contribution is 6.32. The van der Waals surface area contributed by atoms with Crippen LogP contribution in [-0.4, -0.2) is 99.3 Å². The number of nitrogens with zero attached hydrogens (tertiary/aromatic N) is 8. The van der Waals surface area contributed by atoms with Gasteiger partial charge in [0.1, 0.15) is 0 Å². The number of likely N-dealkylation sites (tertiary alicyclic amines) is 1. The van der Waals surface area contributed by atoms with E-state index in [1.54, 1.807) is 42.2 Å². The lowest BCUT2D eigenvalue weighted by atomic mass is 10.1. The third-order valence-corrected chi connectivity index (χ3v) is 9.03. The molecule has 54 heavy (non-hydrogen) atoms. The van der Waals surface area contributed by atoms with Crippen LogP contribution in [0, 0.1) is 0 Å². The number of fused-ring (bicyclic) bond motifs is 1.